The molecule has 1 aliphatic rings. The second kappa shape index (κ2) is 7.62. The van der Waals surface area contributed by atoms with Crippen LogP contribution in [0.25, 0.3) is 5.65 Å². The van der Waals surface area contributed by atoms with Gasteiger partial charge < -0.3 is 5.32 Å². The Morgan fingerprint density at radius 3 is 2.66 bits per heavy atom. The van der Waals surface area contributed by atoms with Gasteiger partial charge in [-0.2, -0.15) is 19.2 Å². The molecule has 1 amide bonds. The number of fused-ring (bicyclic) bond motifs is 1. The third-order valence-electron chi connectivity index (χ3n) is 4.99. The third-order valence-corrected chi connectivity index (χ3v) is 6.95. The highest BCUT2D eigenvalue weighted by Crippen LogP contribution is 2.26. The van der Waals surface area contributed by atoms with Gasteiger partial charge in [-0.25, -0.2) is 13.4 Å². The second-order valence-corrected chi connectivity index (χ2v) is 8.61. The number of hydrogen-bond acceptors (Lipinski definition) is 6. The van der Waals surface area contributed by atoms with Crippen LogP contribution in [0.4, 0.5) is 5.82 Å². The maximum atomic E-state index is 12.9. The summed E-state index contributed by atoms with van der Waals surface area (Å²) in [6.45, 7) is 0.432. The normalized spacial score (nSPS) is 15.8. The number of amides is 1. The molecule has 0 saturated carbocycles. The van der Waals surface area contributed by atoms with Crippen LogP contribution in [0.15, 0.2) is 53.7 Å². The molecule has 9 nitrogen and oxygen atoms in total. The monoisotopic (exact) mass is 410 g/mol. The maximum Gasteiger partial charge on any atom is 0.244 e. The summed E-state index contributed by atoms with van der Waals surface area (Å²) < 4.78 is 28.7. The van der Waals surface area contributed by atoms with Crippen molar-refractivity contribution in [3.8, 4) is 6.07 Å². The lowest BCUT2D eigenvalue weighted by Crippen LogP contribution is -2.41. The first-order chi connectivity index (χ1) is 14.0. The van der Waals surface area contributed by atoms with Gasteiger partial charge in [-0.1, -0.05) is 12.1 Å². The van der Waals surface area contributed by atoms with E-state index in [0.29, 0.717) is 24.3 Å². The van der Waals surface area contributed by atoms with Gasteiger partial charge in [0, 0.05) is 31.3 Å². The summed E-state index contributed by atoms with van der Waals surface area (Å²) in [6, 6.07) is 11.5. The molecule has 29 heavy (non-hydrogen) atoms. The number of carbonyl (C=O) groups is 1. The van der Waals surface area contributed by atoms with E-state index in [2.05, 4.69) is 15.4 Å². The lowest BCUT2D eigenvalue weighted by atomic mass is 9.97. The Balaban J connectivity index is 1.45. The van der Waals surface area contributed by atoms with Crippen molar-refractivity contribution in [3.05, 3.63) is 54.4 Å². The molecular weight excluding hydrogens is 392 g/mol. The SMILES string of the molecule is N#Cc1ccccc1S(=O)(=O)N1CCC(C(=O)Nc2ccnc3ccnn23)CC1. The van der Waals surface area contributed by atoms with Crippen LogP contribution in [0.1, 0.15) is 18.4 Å². The number of benzene rings is 1. The fourth-order valence-electron chi connectivity index (χ4n) is 3.44. The van der Waals surface area contributed by atoms with Crippen LogP contribution in [-0.2, 0) is 14.8 Å². The molecular formula is C19H18N6O3S. The van der Waals surface area contributed by atoms with E-state index in [-0.39, 0.29) is 35.4 Å². The maximum absolute atomic E-state index is 12.9. The number of aromatic nitrogens is 3. The summed E-state index contributed by atoms with van der Waals surface area (Å²) >= 11 is 0. The number of rotatable bonds is 4. The summed E-state index contributed by atoms with van der Waals surface area (Å²) in [7, 11) is -3.78. The van der Waals surface area contributed by atoms with Gasteiger partial charge in [0.1, 0.15) is 11.9 Å². The number of sulfonamides is 1. The number of nitrogens with one attached hydrogen (secondary N) is 1. The summed E-state index contributed by atoms with van der Waals surface area (Å²) in [5, 5.41) is 16.2. The zero-order valence-electron chi connectivity index (χ0n) is 15.4. The zero-order valence-corrected chi connectivity index (χ0v) is 16.2. The molecule has 3 aromatic rings. The molecule has 0 atom stereocenters. The first-order valence-electron chi connectivity index (χ1n) is 9.09. The molecule has 0 unspecified atom stereocenters. The minimum atomic E-state index is -3.78. The molecule has 0 spiro atoms. The van der Waals surface area contributed by atoms with E-state index in [1.54, 1.807) is 36.7 Å². The van der Waals surface area contributed by atoms with E-state index in [1.165, 1.54) is 21.0 Å². The molecule has 0 aliphatic carbocycles. The molecule has 2 aromatic heterocycles. The minimum Gasteiger partial charge on any atom is -0.310 e. The minimum absolute atomic E-state index is 0.00302. The van der Waals surface area contributed by atoms with Crippen molar-refractivity contribution in [1.82, 2.24) is 18.9 Å². The van der Waals surface area contributed by atoms with Crippen molar-refractivity contribution in [3.63, 3.8) is 0 Å². The Morgan fingerprint density at radius 1 is 1.14 bits per heavy atom. The van der Waals surface area contributed by atoms with E-state index in [9.17, 15) is 18.5 Å². The summed E-state index contributed by atoms with van der Waals surface area (Å²) in [5.41, 5.74) is 0.744. The van der Waals surface area contributed by atoms with E-state index in [4.69, 9.17) is 0 Å². The third kappa shape index (κ3) is 3.57. The Bertz CT molecular complexity index is 1210. The van der Waals surface area contributed by atoms with Crippen molar-refractivity contribution in [1.29, 1.82) is 5.26 Å². The number of nitriles is 1. The number of piperidine rings is 1. The average Bonchev–Trinajstić information content (AvgIpc) is 3.23. The predicted octanol–water partition coefficient (Wildman–Crippen LogP) is 1.64. The van der Waals surface area contributed by atoms with Crippen molar-refractivity contribution in [2.45, 2.75) is 17.7 Å². The van der Waals surface area contributed by atoms with E-state index in [1.807, 2.05) is 6.07 Å². The van der Waals surface area contributed by atoms with Crippen LogP contribution < -0.4 is 5.32 Å². The van der Waals surface area contributed by atoms with E-state index < -0.39 is 10.0 Å². The van der Waals surface area contributed by atoms with Crippen LogP contribution in [0.5, 0.6) is 0 Å². The molecule has 1 aliphatic heterocycles. The number of hydrogen-bond donors (Lipinski definition) is 1. The summed E-state index contributed by atoms with van der Waals surface area (Å²) in [5.74, 6) is 0.0249. The van der Waals surface area contributed by atoms with Gasteiger partial charge in [0.05, 0.1) is 16.7 Å². The lowest BCUT2D eigenvalue weighted by molar-refractivity contribution is -0.120. The number of anilines is 1. The molecule has 10 heteroatoms. The van der Waals surface area contributed by atoms with Gasteiger partial charge >= 0.3 is 0 Å². The van der Waals surface area contributed by atoms with Gasteiger partial charge in [0.2, 0.25) is 15.9 Å². The highest BCUT2D eigenvalue weighted by Gasteiger charge is 2.33. The summed E-state index contributed by atoms with van der Waals surface area (Å²) in [4.78, 5) is 16.8. The van der Waals surface area contributed by atoms with Gasteiger partial charge in [-0.05, 0) is 31.0 Å². The van der Waals surface area contributed by atoms with Crippen LogP contribution in [0.3, 0.4) is 0 Å². The van der Waals surface area contributed by atoms with Crippen LogP contribution in [0, 0.1) is 17.2 Å². The largest absolute Gasteiger partial charge is 0.310 e. The molecule has 0 radical (unpaired) electrons. The van der Waals surface area contributed by atoms with Crippen molar-refractivity contribution in [2.24, 2.45) is 5.92 Å². The fraction of sp³-hybridized carbons (Fsp3) is 0.263. The van der Waals surface area contributed by atoms with E-state index in [0.717, 1.165) is 0 Å². The Hall–Kier alpha value is -3.29. The standard InChI is InChI=1S/C19H18N6O3S/c20-13-15-3-1-2-4-16(15)29(27,28)24-11-7-14(8-12-24)19(26)23-18-5-9-21-17-6-10-22-25(17)18/h1-6,9-10,14H,7-8,11-12H2,(H,23,26). The van der Waals surface area contributed by atoms with Gasteiger partial charge in [-0.3, -0.25) is 4.79 Å². The highest BCUT2D eigenvalue weighted by molar-refractivity contribution is 7.89. The average molecular weight is 410 g/mol. The van der Waals surface area contributed by atoms with Gasteiger partial charge in [0.15, 0.2) is 5.65 Å². The lowest BCUT2D eigenvalue weighted by Gasteiger charge is -2.30. The molecule has 1 fully saturated rings. The summed E-state index contributed by atoms with van der Waals surface area (Å²) in [6.07, 6.45) is 3.98. The predicted molar refractivity (Wildman–Crippen MR) is 104 cm³/mol. The number of nitrogens with zero attached hydrogens (tertiary/aromatic N) is 5. The first-order valence-corrected chi connectivity index (χ1v) is 10.5. The molecule has 148 valence electrons. The number of carbonyl (C=O) groups excluding carboxylic acids is 1. The molecule has 1 aromatic carbocycles. The smallest absolute Gasteiger partial charge is 0.244 e. The van der Waals surface area contributed by atoms with Crippen LogP contribution in [0.2, 0.25) is 0 Å². The molecule has 3 heterocycles. The Morgan fingerprint density at radius 2 is 1.90 bits per heavy atom. The van der Waals surface area contributed by atoms with Crippen LogP contribution in [-0.4, -0.2) is 46.3 Å². The molecule has 4 rings (SSSR count). The zero-order chi connectivity index (χ0) is 20.4. The van der Waals surface area contributed by atoms with E-state index >= 15 is 0 Å². The highest BCUT2D eigenvalue weighted by atomic mass is 32.2. The molecule has 1 saturated heterocycles. The fourth-order valence-corrected chi connectivity index (χ4v) is 5.05. The molecule has 1 N–H and O–H groups in total. The van der Waals surface area contributed by atoms with Crippen molar-refractivity contribution < 1.29 is 13.2 Å². The van der Waals surface area contributed by atoms with Gasteiger partial charge in [-0.15, -0.1) is 0 Å². The second-order valence-electron chi connectivity index (χ2n) is 6.71. The molecule has 0 bridgehead atoms. The van der Waals surface area contributed by atoms with Crippen LogP contribution >= 0.6 is 0 Å². The quantitative estimate of drug-likeness (QED) is 0.698. The Labute approximate surface area is 167 Å². The van der Waals surface area contributed by atoms with Crippen molar-refractivity contribution >= 4 is 27.4 Å². The topological polar surface area (TPSA) is 120 Å². The Kier molecular flexibility index (Phi) is 5.00. The van der Waals surface area contributed by atoms with Gasteiger partial charge in [0.25, 0.3) is 0 Å². The van der Waals surface area contributed by atoms with Crippen molar-refractivity contribution in [2.75, 3.05) is 18.4 Å². The first kappa shape index (κ1) is 19.0.